The Kier molecular flexibility index (Phi) is 3.02. The molecule has 0 N–H and O–H groups in total. The second kappa shape index (κ2) is 4.06. The summed E-state index contributed by atoms with van der Waals surface area (Å²) in [6, 6.07) is 2.04. The van der Waals surface area contributed by atoms with Gasteiger partial charge in [0, 0.05) is 13.0 Å². The average molecular weight is 151 g/mol. The molecule has 0 unspecified atom stereocenters. The monoisotopic (exact) mass is 151 g/mol. The standard InChI is InChI=1S/C9H15N2/c1-3-4-6-11-7-5-9(2)10-8-11/h5,7-8H,3-4,6H2,1-2H3/q+1. The van der Waals surface area contributed by atoms with Gasteiger partial charge >= 0.3 is 0 Å². The number of unbranched alkanes of at least 4 members (excludes halogenated alkanes) is 1. The second-order valence-corrected chi connectivity index (χ2v) is 2.79. The molecular weight excluding hydrogens is 136 g/mol. The van der Waals surface area contributed by atoms with Gasteiger partial charge in [0.1, 0.15) is 0 Å². The minimum absolute atomic E-state index is 1.08. The van der Waals surface area contributed by atoms with E-state index in [0.717, 1.165) is 12.2 Å². The maximum Gasteiger partial charge on any atom is 0.286 e. The third-order valence-electron chi connectivity index (χ3n) is 1.69. The van der Waals surface area contributed by atoms with Gasteiger partial charge in [-0.25, -0.2) is 4.57 Å². The lowest BCUT2D eigenvalue weighted by Gasteiger charge is -1.95. The van der Waals surface area contributed by atoms with Crippen molar-refractivity contribution in [1.82, 2.24) is 4.98 Å². The van der Waals surface area contributed by atoms with Gasteiger partial charge in [0.2, 0.25) is 0 Å². The molecule has 11 heavy (non-hydrogen) atoms. The van der Waals surface area contributed by atoms with Crippen LogP contribution in [0.3, 0.4) is 0 Å². The normalized spacial score (nSPS) is 10.0. The van der Waals surface area contributed by atoms with E-state index in [4.69, 9.17) is 0 Å². The molecule has 0 saturated carbocycles. The summed E-state index contributed by atoms with van der Waals surface area (Å²) in [6.45, 7) is 5.29. The number of hydrogen-bond donors (Lipinski definition) is 0. The first-order valence-corrected chi connectivity index (χ1v) is 4.14. The summed E-state index contributed by atoms with van der Waals surface area (Å²) in [7, 11) is 0. The molecule has 60 valence electrons. The van der Waals surface area contributed by atoms with Crippen LogP contribution in [0.5, 0.6) is 0 Å². The SMILES string of the molecule is CCCC[n+]1ccc(C)nc1. The lowest BCUT2D eigenvalue weighted by Crippen LogP contribution is -2.33. The summed E-state index contributed by atoms with van der Waals surface area (Å²) in [5, 5.41) is 0. The van der Waals surface area contributed by atoms with Crippen LogP contribution in [0.2, 0.25) is 0 Å². The molecule has 0 amide bonds. The quantitative estimate of drug-likeness (QED) is 0.598. The predicted octanol–water partition coefficient (Wildman–Crippen LogP) is 1.48. The van der Waals surface area contributed by atoms with Crippen LogP contribution in [0.15, 0.2) is 18.6 Å². The van der Waals surface area contributed by atoms with Gasteiger partial charge < -0.3 is 0 Å². The largest absolute Gasteiger partial charge is 0.286 e. The van der Waals surface area contributed by atoms with Crippen LogP contribution in [0.25, 0.3) is 0 Å². The lowest BCUT2D eigenvalue weighted by atomic mass is 10.3. The van der Waals surface area contributed by atoms with Crippen LogP contribution in [0.4, 0.5) is 0 Å². The van der Waals surface area contributed by atoms with E-state index >= 15 is 0 Å². The molecule has 2 heteroatoms. The fourth-order valence-electron chi connectivity index (χ4n) is 0.923. The molecule has 0 atom stereocenters. The van der Waals surface area contributed by atoms with Gasteiger partial charge in [-0.2, -0.15) is 0 Å². The average Bonchev–Trinajstić information content (AvgIpc) is 2.04. The number of aromatic nitrogens is 2. The van der Waals surface area contributed by atoms with E-state index in [0.29, 0.717) is 0 Å². The van der Waals surface area contributed by atoms with Gasteiger partial charge in [0.25, 0.3) is 6.33 Å². The minimum atomic E-state index is 1.08. The predicted molar refractivity (Wildman–Crippen MR) is 44.1 cm³/mol. The molecule has 0 spiro atoms. The zero-order valence-corrected chi connectivity index (χ0v) is 7.25. The lowest BCUT2D eigenvalue weighted by molar-refractivity contribution is -0.700. The molecule has 1 aromatic rings. The molecule has 0 bridgehead atoms. The van der Waals surface area contributed by atoms with Crippen molar-refractivity contribution in [3.8, 4) is 0 Å². The highest BCUT2D eigenvalue weighted by molar-refractivity contribution is 4.89. The van der Waals surface area contributed by atoms with Gasteiger partial charge in [-0.3, -0.25) is 0 Å². The Morgan fingerprint density at radius 1 is 1.55 bits per heavy atom. The Bertz CT molecular complexity index is 203. The van der Waals surface area contributed by atoms with E-state index < -0.39 is 0 Å². The smallest absolute Gasteiger partial charge is 0.237 e. The zero-order chi connectivity index (χ0) is 8.10. The van der Waals surface area contributed by atoms with Crippen LogP contribution >= 0.6 is 0 Å². The Labute approximate surface area is 67.9 Å². The van der Waals surface area contributed by atoms with Gasteiger partial charge in [0.15, 0.2) is 5.69 Å². The van der Waals surface area contributed by atoms with Crippen molar-refractivity contribution in [2.24, 2.45) is 0 Å². The Balaban J connectivity index is 2.52. The van der Waals surface area contributed by atoms with E-state index in [9.17, 15) is 0 Å². The summed E-state index contributed by atoms with van der Waals surface area (Å²) in [5.41, 5.74) is 1.08. The second-order valence-electron chi connectivity index (χ2n) is 2.79. The molecule has 0 aliphatic carbocycles. The zero-order valence-electron chi connectivity index (χ0n) is 7.25. The third kappa shape index (κ3) is 2.66. The highest BCUT2D eigenvalue weighted by Gasteiger charge is 1.96. The van der Waals surface area contributed by atoms with Crippen molar-refractivity contribution in [2.45, 2.75) is 33.2 Å². The van der Waals surface area contributed by atoms with Gasteiger partial charge in [-0.1, -0.05) is 18.3 Å². The molecule has 2 nitrogen and oxygen atoms in total. The highest BCUT2D eigenvalue weighted by atomic mass is 15.0. The van der Waals surface area contributed by atoms with Gasteiger partial charge in [-0.05, 0) is 6.42 Å². The molecule has 0 radical (unpaired) electrons. The topological polar surface area (TPSA) is 16.8 Å². The first-order chi connectivity index (χ1) is 5.33. The van der Waals surface area contributed by atoms with E-state index in [2.05, 4.69) is 22.7 Å². The minimum Gasteiger partial charge on any atom is -0.237 e. The molecule has 0 saturated heterocycles. The van der Waals surface area contributed by atoms with Crippen LogP contribution < -0.4 is 4.57 Å². The molecule has 1 rings (SSSR count). The molecule has 1 aromatic heterocycles. The Morgan fingerprint density at radius 3 is 2.91 bits per heavy atom. The maximum absolute atomic E-state index is 4.19. The first-order valence-electron chi connectivity index (χ1n) is 4.14. The molecule has 0 aliphatic heterocycles. The number of hydrogen-bond acceptors (Lipinski definition) is 1. The first kappa shape index (κ1) is 8.18. The summed E-state index contributed by atoms with van der Waals surface area (Å²) in [5.74, 6) is 0. The van der Waals surface area contributed by atoms with Crippen molar-refractivity contribution >= 4 is 0 Å². The fourth-order valence-corrected chi connectivity index (χ4v) is 0.923. The summed E-state index contributed by atoms with van der Waals surface area (Å²) in [6.07, 6.45) is 6.44. The van der Waals surface area contributed by atoms with E-state index in [1.54, 1.807) is 0 Å². The Hall–Kier alpha value is -0.920. The molecule has 1 heterocycles. The number of aryl methyl sites for hydroxylation is 2. The van der Waals surface area contributed by atoms with E-state index in [-0.39, 0.29) is 0 Å². The maximum atomic E-state index is 4.19. The summed E-state index contributed by atoms with van der Waals surface area (Å²) >= 11 is 0. The molecule has 0 fully saturated rings. The van der Waals surface area contributed by atoms with Crippen LogP contribution in [0, 0.1) is 6.92 Å². The van der Waals surface area contributed by atoms with Gasteiger partial charge in [0.05, 0.1) is 12.7 Å². The van der Waals surface area contributed by atoms with Crippen molar-refractivity contribution < 1.29 is 4.57 Å². The van der Waals surface area contributed by atoms with Crippen LogP contribution in [-0.4, -0.2) is 4.98 Å². The number of rotatable bonds is 3. The summed E-state index contributed by atoms with van der Waals surface area (Å²) in [4.78, 5) is 4.19. The van der Waals surface area contributed by atoms with E-state index in [1.165, 1.54) is 12.8 Å². The van der Waals surface area contributed by atoms with Crippen LogP contribution in [-0.2, 0) is 6.54 Å². The summed E-state index contributed by atoms with van der Waals surface area (Å²) < 4.78 is 2.12. The van der Waals surface area contributed by atoms with Crippen molar-refractivity contribution in [2.75, 3.05) is 0 Å². The molecular formula is C9H15N2+. The van der Waals surface area contributed by atoms with Crippen molar-refractivity contribution in [3.05, 3.63) is 24.3 Å². The fraction of sp³-hybridized carbons (Fsp3) is 0.556. The van der Waals surface area contributed by atoms with Gasteiger partial charge in [-0.15, -0.1) is 0 Å². The molecule has 0 aliphatic rings. The van der Waals surface area contributed by atoms with Crippen molar-refractivity contribution in [3.63, 3.8) is 0 Å². The third-order valence-corrected chi connectivity index (χ3v) is 1.69. The number of nitrogens with zero attached hydrogens (tertiary/aromatic N) is 2. The van der Waals surface area contributed by atoms with E-state index in [1.807, 2.05) is 19.3 Å². The van der Waals surface area contributed by atoms with Crippen LogP contribution in [0.1, 0.15) is 25.5 Å². The highest BCUT2D eigenvalue weighted by Crippen LogP contribution is 1.87. The Morgan fingerprint density at radius 2 is 2.36 bits per heavy atom. The molecule has 0 aromatic carbocycles. The van der Waals surface area contributed by atoms with Crippen molar-refractivity contribution in [1.29, 1.82) is 0 Å².